The summed E-state index contributed by atoms with van der Waals surface area (Å²) < 4.78 is 42.2. The summed E-state index contributed by atoms with van der Waals surface area (Å²) in [6.07, 6.45) is -4.74. The monoisotopic (exact) mass is 310 g/mol. The maximum Gasteiger partial charge on any atom is 0.573 e. The Labute approximate surface area is 121 Å². The lowest BCUT2D eigenvalue weighted by Gasteiger charge is -2.13. The summed E-state index contributed by atoms with van der Waals surface area (Å²) in [5.74, 6) is 0.160. The molecule has 0 saturated carbocycles. The van der Waals surface area contributed by atoms with Crippen LogP contribution in [0, 0.1) is 0 Å². The first-order valence-electron chi connectivity index (χ1n) is 6.14. The Kier molecular flexibility index (Phi) is 3.49. The van der Waals surface area contributed by atoms with Gasteiger partial charge < -0.3 is 10.1 Å². The number of fused-ring (bicyclic) bond motifs is 1. The number of rotatable bonds is 4. The van der Waals surface area contributed by atoms with Gasteiger partial charge in [0.1, 0.15) is 11.6 Å². The van der Waals surface area contributed by atoms with E-state index >= 15 is 0 Å². The number of nitrogens with one attached hydrogen (secondary N) is 1. The number of benzene rings is 1. The highest BCUT2D eigenvalue weighted by molar-refractivity contribution is 5.44. The van der Waals surface area contributed by atoms with Crippen LogP contribution in [0.4, 0.5) is 19.0 Å². The predicted octanol–water partition coefficient (Wildman–Crippen LogP) is 2.03. The van der Waals surface area contributed by atoms with Gasteiger partial charge in [-0.1, -0.05) is 18.2 Å². The number of aromatic nitrogens is 5. The van der Waals surface area contributed by atoms with E-state index in [-0.39, 0.29) is 12.3 Å². The summed E-state index contributed by atoms with van der Waals surface area (Å²) in [6, 6.07) is 9.13. The number of anilines is 1. The zero-order valence-electron chi connectivity index (χ0n) is 10.9. The first-order valence-corrected chi connectivity index (χ1v) is 6.14. The van der Waals surface area contributed by atoms with Gasteiger partial charge in [0.15, 0.2) is 5.65 Å². The van der Waals surface area contributed by atoms with E-state index in [1.165, 1.54) is 22.8 Å². The van der Waals surface area contributed by atoms with Crippen LogP contribution in [0.2, 0.25) is 0 Å². The maximum absolute atomic E-state index is 12.3. The van der Waals surface area contributed by atoms with Crippen LogP contribution in [0.5, 0.6) is 5.75 Å². The van der Waals surface area contributed by atoms with Gasteiger partial charge in [-0.15, -0.1) is 28.0 Å². The molecule has 2 aromatic heterocycles. The summed E-state index contributed by atoms with van der Waals surface area (Å²) in [6.45, 7) is 0.104. The van der Waals surface area contributed by atoms with E-state index < -0.39 is 6.36 Å². The third kappa shape index (κ3) is 3.22. The minimum absolute atomic E-state index is 0.104. The van der Waals surface area contributed by atoms with E-state index in [1.54, 1.807) is 18.2 Å². The Balaban J connectivity index is 1.75. The van der Waals surface area contributed by atoms with Gasteiger partial charge in [-0.25, -0.2) is 0 Å². The number of tetrazole rings is 1. The third-order valence-electron chi connectivity index (χ3n) is 2.73. The number of ether oxygens (including phenoxy) is 1. The second kappa shape index (κ2) is 5.47. The highest BCUT2D eigenvalue weighted by Gasteiger charge is 2.31. The van der Waals surface area contributed by atoms with Crippen LogP contribution in [0.15, 0.2) is 36.4 Å². The molecule has 3 aromatic rings. The molecule has 2 heterocycles. The first-order chi connectivity index (χ1) is 10.5. The van der Waals surface area contributed by atoms with Crippen molar-refractivity contribution in [1.82, 2.24) is 25.3 Å². The number of hydrogen-bond acceptors (Lipinski definition) is 6. The zero-order valence-corrected chi connectivity index (χ0v) is 10.9. The molecule has 0 aliphatic rings. The van der Waals surface area contributed by atoms with Crippen LogP contribution in [0.1, 0.15) is 5.56 Å². The summed E-state index contributed by atoms with van der Waals surface area (Å²) in [7, 11) is 0. The summed E-state index contributed by atoms with van der Waals surface area (Å²) >= 11 is 0. The van der Waals surface area contributed by atoms with Crippen molar-refractivity contribution in [2.75, 3.05) is 5.32 Å². The minimum atomic E-state index is -4.74. The van der Waals surface area contributed by atoms with Gasteiger partial charge in [0.2, 0.25) is 0 Å². The molecule has 0 bridgehead atoms. The molecule has 3 rings (SSSR count). The molecule has 0 aliphatic carbocycles. The molecule has 0 unspecified atom stereocenters. The molecule has 0 aliphatic heterocycles. The fraction of sp³-hybridized carbons (Fsp3) is 0.167. The molecule has 1 N–H and O–H groups in total. The van der Waals surface area contributed by atoms with Crippen molar-refractivity contribution in [3.05, 3.63) is 42.0 Å². The Morgan fingerprint density at radius 2 is 1.95 bits per heavy atom. The largest absolute Gasteiger partial charge is 0.573 e. The molecule has 0 fully saturated rings. The Hall–Kier alpha value is -2.91. The van der Waals surface area contributed by atoms with Gasteiger partial charge in [-0.3, -0.25) is 0 Å². The molecule has 7 nitrogen and oxygen atoms in total. The normalized spacial score (nSPS) is 11.6. The van der Waals surface area contributed by atoms with Crippen LogP contribution in [0.25, 0.3) is 5.65 Å². The Morgan fingerprint density at radius 3 is 2.77 bits per heavy atom. The van der Waals surface area contributed by atoms with Gasteiger partial charge in [0.25, 0.3) is 0 Å². The van der Waals surface area contributed by atoms with Gasteiger partial charge in [-0.2, -0.15) is 0 Å². The van der Waals surface area contributed by atoms with E-state index in [9.17, 15) is 13.2 Å². The van der Waals surface area contributed by atoms with E-state index in [4.69, 9.17) is 0 Å². The highest BCUT2D eigenvalue weighted by Crippen LogP contribution is 2.26. The van der Waals surface area contributed by atoms with Crippen molar-refractivity contribution in [1.29, 1.82) is 0 Å². The molecule has 1 aromatic carbocycles. The minimum Gasteiger partial charge on any atom is -0.405 e. The van der Waals surface area contributed by atoms with Crippen LogP contribution < -0.4 is 10.1 Å². The van der Waals surface area contributed by atoms with Gasteiger partial charge in [-0.05, 0) is 28.6 Å². The topological polar surface area (TPSA) is 77.2 Å². The van der Waals surface area contributed by atoms with Gasteiger partial charge >= 0.3 is 6.36 Å². The van der Waals surface area contributed by atoms with E-state index in [1.807, 2.05) is 0 Å². The van der Waals surface area contributed by atoms with Crippen molar-refractivity contribution in [3.63, 3.8) is 0 Å². The summed E-state index contributed by atoms with van der Waals surface area (Å²) in [4.78, 5) is 0. The first kappa shape index (κ1) is 14.0. The second-order valence-electron chi connectivity index (χ2n) is 4.25. The molecule has 0 atom stereocenters. The lowest BCUT2D eigenvalue weighted by molar-refractivity contribution is -0.274. The van der Waals surface area contributed by atoms with Crippen LogP contribution in [-0.2, 0) is 6.54 Å². The molecule has 22 heavy (non-hydrogen) atoms. The molecule has 0 saturated heterocycles. The molecule has 10 heteroatoms. The van der Waals surface area contributed by atoms with E-state index in [2.05, 4.69) is 30.7 Å². The van der Waals surface area contributed by atoms with Gasteiger partial charge in [0, 0.05) is 12.1 Å². The van der Waals surface area contributed by atoms with Crippen molar-refractivity contribution >= 4 is 11.5 Å². The fourth-order valence-electron chi connectivity index (χ4n) is 1.80. The quantitative estimate of drug-likeness (QED) is 0.794. The van der Waals surface area contributed by atoms with E-state index in [0.717, 1.165) is 0 Å². The molecule has 114 valence electrons. The Bertz CT molecular complexity index is 788. The lowest BCUT2D eigenvalue weighted by atomic mass is 10.2. The lowest BCUT2D eigenvalue weighted by Crippen LogP contribution is -2.18. The maximum atomic E-state index is 12.3. The van der Waals surface area contributed by atoms with Crippen LogP contribution >= 0.6 is 0 Å². The number of halogens is 3. The highest BCUT2D eigenvalue weighted by atomic mass is 19.4. The average molecular weight is 310 g/mol. The number of para-hydroxylation sites is 1. The number of hydrogen-bond donors (Lipinski definition) is 1. The van der Waals surface area contributed by atoms with Crippen LogP contribution in [-0.4, -0.2) is 31.6 Å². The average Bonchev–Trinajstić information content (AvgIpc) is 2.92. The molecule has 0 spiro atoms. The standard InChI is InChI=1S/C12H9F3N6O/c13-12(14,15)22-9-4-2-1-3-8(9)7-16-10-5-6-11-17-19-20-21(11)18-10/h1-6H,7H2,(H,16,18). The number of nitrogens with zero attached hydrogens (tertiary/aromatic N) is 5. The summed E-state index contributed by atoms with van der Waals surface area (Å²) in [5, 5.41) is 17.7. The fourth-order valence-corrected chi connectivity index (χ4v) is 1.80. The zero-order chi connectivity index (χ0) is 15.6. The van der Waals surface area contributed by atoms with Crippen molar-refractivity contribution in [2.45, 2.75) is 12.9 Å². The van der Waals surface area contributed by atoms with Crippen molar-refractivity contribution < 1.29 is 17.9 Å². The van der Waals surface area contributed by atoms with Crippen molar-refractivity contribution in [3.8, 4) is 5.75 Å². The second-order valence-corrected chi connectivity index (χ2v) is 4.25. The molecular weight excluding hydrogens is 301 g/mol. The van der Waals surface area contributed by atoms with Crippen molar-refractivity contribution in [2.24, 2.45) is 0 Å². The smallest absolute Gasteiger partial charge is 0.405 e. The Morgan fingerprint density at radius 1 is 1.14 bits per heavy atom. The predicted molar refractivity (Wildman–Crippen MR) is 69.0 cm³/mol. The molecular formula is C12H9F3N6O. The van der Waals surface area contributed by atoms with E-state index in [0.29, 0.717) is 17.0 Å². The third-order valence-corrected chi connectivity index (χ3v) is 2.73. The summed E-state index contributed by atoms with van der Waals surface area (Å²) in [5.41, 5.74) is 0.810. The van der Waals surface area contributed by atoms with Gasteiger partial charge in [0.05, 0.1) is 0 Å². The SMILES string of the molecule is FC(F)(F)Oc1ccccc1CNc1ccc2nnnn2n1. The molecule has 0 radical (unpaired) electrons. The number of alkyl halides is 3. The molecule has 0 amide bonds. The van der Waals surface area contributed by atoms with Crippen LogP contribution in [0.3, 0.4) is 0 Å².